The van der Waals surface area contributed by atoms with Crippen molar-refractivity contribution in [2.24, 2.45) is 0 Å². The van der Waals surface area contributed by atoms with Gasteiger partial charge in [0.25, 0.3) is 0 Å². The molecule has 100 valence electrons. The number of methoxy groups -OCH3 is 1. The zero-order chi connectivity index (χ0) is 13.8. The Bertz CT molecular complexity index is 591. The fraction of sp³-hybridized carbons (Fsp3) is 0.200. The van der Waals surface area contributed by atoms with E-state index in [0.29, 0.717) is 16.4 Å². The van der Waals surface area contributed by atoms with E-state index in [4.69, 9.17) is 8.92 Å². The van der Waals surface area contributed by atoms with Crippen molar-refractivity contribution >= 4 is 11.1 Å². The van der Waals surface area contributed by atoms with Crippen molar-refractivity contribution < 1.29 is 13.1 Å². The predicted molar refractivity (Wildman–Crippen MR) is 75.9 cm³/mol. The zero-order valence-corrected chi connectivity index (χ0v) is 12.0. The number of hydrogen-bond donors (Lipinski definition) is 0. The second-order valence-corrected chi connectivity index (χ2v) is 5.39. The normalized spacial score (nSPS) is 11.9. The van der Waals surface area contributed by atoms with Crippen molar-refractivity contribution in [3.8, 4) is 11.5 Å². The Morgan fingerprint density at radius 2 is 1.53 bits per heavy atom. The molecule has 0 N–H and O–H groups in total. The van der Waals surface area contributed by atoms with Crippen LogP contribution in [0.25, 0.3) is 0 Å². The Hall–Kier alpha value is -1.81. The minimum Gasteiger partial charge on any atom is -0.493 e. The molecule has 0 saturated heterocycles. The lowest BCUT2D eigenvalue weighted by Gasteiger charge is -2.10. The molecular weight excluding hydrogens is 260 g/mol. The molecule has 0 saturated carbocycles. The van der Waals surface area contributed by atoms with Gasteiger partial charge in [0, 0.05) is 0 Å². The molecule has 0 fully saturated rings. The quantitative estimate of drug-likeness (QED) is 0.858. The monoisotopic (exact) mass is 276 g/mol. The standard InChI is InChI=1S/C15H16O3S/c1-11-4-7-13(8-5-11)19(16)18-14-9-6-12(2)10-15(14)17-3/h4-10H,1-3H3. The van der Waals surface area contributed by atoms with E-state index in [-0.39, 0.29) is 0 Å². The van der Waals surface area contributed by atoms with Crippen molar-refractivity contribution in [3.63, 3.8) is 0 Å². The summed E-state index contributed by atoms with van der Waals surface area (Å²) in [6.45, 7) is 3.94. The minimum atomic E-state index is -1.54. The fourth-order valence-electron chi connectivity index (χ4n) is 1.62. The molecule has 0 aliphatic carbocycles. The van der Waals surface area contributed by atoms with Crippen LogP contribution in [-0.4, -0.2) is 11.3 Å². The van der Waals surface area contributed by atoms with E-state index < -0.39 is 11.1 Å². The van der Waals surface area contributed by atoms with E-state index >= 15 is 0 Å². The predicted octanol–water partition coefficient (Wildman–Crippen LogP) is 3.41. The molecule has 3 nitrogen and oxygen atoms in total. The third kappa shape index (κ3) is 3.35. The first-order valence-electron chi connectivity index (χ1n) is 5.91. The number of rotatable bonds is 4. The van der Waals surface area contributed by atoms with Crippen molar-refractivity contribution in [1.82, 2.24) is 0 Å². The SMILES string of the molecule is COc1cc(C)ccc1OS(=O)c1ccc(C)cc1. The lowest BCUT2D eigenvalue weighted by atomic mass is 10.2. The molecule has 2 aromatic rings. The van der Waals surface area contributed by atoms with Crippen LogP contribution in [0.15, 0.2) is 47.4 Å². The molecule has 1 atom stereocenters. The summed E-state index contributed by atoms with van der Waals surface area (Å²) in [5.41, 5.74) is 2.18. The average Bonchev–Trinajstić information content (AvgIpc) is 2.41. The van der Waals surface area contributed by atoms with Crippen LogP contribution in [0.3, 0.4) is 0 Å². The Morgan fingerprint density at radius 1 is 0.895 bits per heavy atom. The molecule has 0 heterocycles. The molecule has 2 aromatic carbocycles. The summed E-state index contributed by atoms with van der Waals surface area (Å²) in [6, 6.07) is 12.9. The van der Waals surface area contributed by atoms with Crippen LogP contribution in [0.1, 0.15) is 11.1 Å². The maximum absolute atomic E-state index is 12.1. The summed E-state index contributed by atoms with van der Waals surface area (Å²) >= 11 is -1.54. The van der Waals surface area contributed by atoms with Gasteiger partial charge in [0.05, 0.1) is 12.0 Å². The van der Waals surface area contributed by atoms with Crippen LogP contribution in [0.4, 0.5) is 0 Å². The summed E-state index contributed by atoms with van der Waals surface area (Å²) in [6.07, 6.45) is 0. The molecular formula is C15H16O3S. The second kappa shape index (κ2) is 5.89. The van der Waals surface area contributed by atoms with E-state index in [1.54, 1.807) is 25.3 Å². The number of hydrogen-bond acceptors (Lipinski definition) is 3. The molecule has 0 amide bonds. The summed E-state index contributed by atoms with van der Waals surface area (Å²) < 4.78 is 22.8. The first-order chi connectivity index (χ1) is 9.10. The third-order valence-corrected chi connectivity index (χ3v) is 3.69. The van der Waals surface area contributed by atoms with Crippen molar-refractivity contribution in [1.29, 1.82) is 0 Å². The highest BCUT2D eigenvalue weighted by Crippen LogP contribution is 2.29. The van der Waals surface area contributed by atoms with Crippen molar-refractivity contribution in [2.75, 3.05) is 7.11 Å². The average molecular weight is 276 g/mol. The molecule has 0 aliphatic rings. The lowest BCUT2D eigenvalue weighted by molar-refractivity contribution is 0.396. The van der Waals surface area contributed by atoms with Gasteiger partial charge in [-0.15, -0.1) is 0 Å². The first kappa shape index (κ1) is 13.6. The van der Waals surface area contributed by atoms with E-state index in [1.807, 2.05) is 38.1 Å². The van der Waals surface area contributed by atoms with Crippen molar-refractivity contribution in [2.45, 2.75) is 18.7 Å². The number of ether oxygens (including phenoxy) is 1. The highest BCUT2D eigenvalue weighted by molar-refractivity contribution is 7.80. The summed E-state index contributed by atoms with van der Waals surface area (Å²) in [7, 11) is 1.57. The van der Waals surface area contributed by atoms with Gasteiger partial charge >= 0.3 is 0 Å². The summed E-state index contributed by atoms with van der Waals surface area (Å²) in [5.74, 6) is 1.06. The highest BCUT2D eigenvalue weighted by Gasteiger charge is 2.10. The molecule has 0 radical (unpaired) electrons. The van der Waals surface area contributed by atoms with Gasteiger partial charge < -0.3 is 8.92 Å². The van der Waals surface area contributed by atoms with E-state index in [9.17, 15) is 4.21 Å². The number of benzene rings is 2. The molecule has 0 spiro atoms. The van der Waals surface area contributed by atoms with Crippen LogP contribution in [0.5, 0.6) is 11.5 Å². The van der Waals surface area contributed by atoms with Gasteiger partial charge in [0.1, 0.15) is 0 Å². The topological polar surface area (TPSA) is 35.5 Å². The van der Waals surface area contributed by atoms with Crippen molar-refractivity contribution in [3.05, 3.63) is 53.6 Å². The maximum Gasteiger partial charge on any atom is 0.240 e. The molecule has 2 rings (SSSR count). The zero-order valence-electron chi connectivity index (χ0n) is 11.2. The van der Waals surface area contributed by atoms with Crippen LogP contribution in [-0.2, 0) is 11.1 Å². The Morgan fingerprint density at radius 3 is 2.16 bits per heavy atom. The van der Waals surface area contributed by atoms with Gasteiger partial charge in [-0.3, -0.25) is 0 Å². The fourth-order valence-corrected chi connectivity index (χ4v) is 2.38. The van der Waals surface area contributed by atoms with Crippen LogP contribution >= 0.6 is 0 Å². The van der Waals surface area contributed by atoms with Gasteiger partial charge in [0.15, 0.2) is 11.5 Å². The van der Waals surface area contributed by atoms with E-state index in [0.717, 1.165) is 11.1 Å². The van der Waals surface area contributed by atoms with E-state index in [1.165, 1.54) is 0 Å². The summed E-state index contributed by atoms with van der Waals surface area (Å²) in [5, 5.41) is 0. The molecule has 1 unspecified atom stereocenters. The Balaban J connectivity index is 2.21. The van der Waals surface area contributed by atoms with Gasteiger partial charge in [0.2, 0.25) is 11.1 Å². The van der Waals surface area contributed by atoms with Crippen LogP contribution in [0.2, 0.25) is 0 Å². The molecule has 0 aliphatic heterocycles. The first-order valence-corrected chi connectivity index (χ1v) is 6.99. The third-order valence-electron chi connectivity index (χ3n) is 2.70. The van der Waals surface area contributed by atoms with Gasteiger partial charge in [-0.05, 0) is 43.7 Å². The Labute approximate surface area is 115 Å². The molecule has 4 heteroatoms. The minimum absolute atomic E-state index is 0.479. The van der Waals surface area contributed by atoms with Gasteiger partial charge in [-0.25, -0.2) is 4.21 Å². The smallest absolute Gasteiger partial charge is 0.240 e. The van der Waals surface area contributed by atoms with Crippen LogP contribution in [0, 0.1) is 13.8 Å². The molecule has 19 heavy (non-hydrogen) atoms. The van der Waals surface area contributed by atoms with Gasteiger partial charge in [-0.2, -0.15) is 0 Å². The van der Waals surface area contributed by atoms with Gasteiger partial charge in [-0.1, -0.05) is 23.8 Å². The molecule has 0 aromatic heterocycles. The summed E-state index contributed by atoms with van der Waals surface area (Å²) in [4.78, 5) is 0.633. The number of aryl methyl sites for hydroxylation is 2. The maximum atomic E-state index is 12.1. The molecule has 0 bridgehead atoms. The Kier molecular flexibility index (Phi) is 4.22. The lowest BCUT2D eigenvalue weighted by Crippen LogP contribution is -2.02. The highest BCUT2D eigenvalue weighted by atomic mass is 32.2. The van der Waals surface area contributed by atoms with E-state index in [2.05, 4.69) is 0 Å². The second-order valence-electron chi connectivity index (χ2n) is 4.29. The van der Waals surface area contributed by atoms with Crippen LogP contribution < -0.4 is 8.92 Å². The largest absolute Gasteiger partial charge is 0.493 e.